The lowest BCUT2D eigenvalue weighted by Gasteiger charge is -2.19. The van der Waals surface area contributed by atoms with Crippen molar-refractivity contribution in [3.05, 3.63) is 22.2 Å². The third-order valence-corrected chi connectivity index (χ3v) is 6.65. The van der Waals surface area contributed by atoms with Crippen LogP contribution >= 0.6 is 11.3 Å². The van der Waals surface area contributed by atoms with Crippen molar-refractivity contribution in [2.75, 3.05) is 13.1 Å². The molecule has 20 heavy (non-hydrogen) atoms. The summed E-state index contributed by atoms with van der Waals surface area (Å²) in [7, 11) is -3.87. The monoisotopic (exact) mass is 320 g/mol. The third kappa shape index (κ3) is 2.41. The summed E-state index contributed by atoms with van der Waals surface area (Å²) < 4.78 is 25.5. The Morgan fingerprint density at radius 2 is 2.20 bits per heavy atom. The number of carbonyl (C=O) groups is 1. The number of sulfonamides is 1. The number of hydrogen-bond donors (Lipinski definition) is 1. The van der Waals surface area contributed by atoms with Gasteiger partial charge in [-0.2, -0.15) is 4.31 Å². The van der Waals surface area contributed by atoms with Crippen LogP contribution in [0.2, 0.25) is 0 Å². The zero-order valence-corrected chi connectivity index (χ0v) is 12.1. The van der Waals surface area contributed by atoms with Crippen LogP contribution in [0.15, 0.2) is 16.3 Å². The molecule has 2 rings (SSSR count). The van der Waals surface area contributed by atoms with Crippen LogP contribution in [0, 0.1) is 15.5 Å². The highest BCUT2D eigenvalue weighted by Crippen LogP contribution is 2.36. The Hall–Kier alpha value is -1.52. The Kier molecular flexibility index (Phi) is 3.56. The summed E-state index contributed by atoms with van der Waals surface area (Å²) in [5, 5.41) is 19.4. The van der Waals surface area contributed by atoms with E-state index in [-0.39, 0.29) is 28.7 Å². The average Bonchev–Trinajstić information content (AvgIpc) is 2.96. The molecule has 1 aliphatic rings. The predicted octanol–water partition coefficient (Wildman–Crippen LogP) is 1.14. The number of carboxylic acid groups (broad SMARTS) is 1. The molecule has 0 bridgehead atoms. The molecule has 1 aromatic heterocycles. The van der Waals surface area contributed by atoms with Crippen LogP contribution in [-0.2, 0) is 14.8 Å². The quantitative estimate of drug-likeness (QED) is 0.656. The van der Waals surface area contributed by atoms with Crippen LogP contribution in [0.3, 0.4) is 0 Å². The fraction of sp³-hybridized carbons (Fsp3) is 0.500. The van der Waals surface area contributed by atoms with Gasteiger partial charge in [-0.3, -0.25) is 14.9 Å². The van der Waals surface area contributed by atoms with Crippen molar-refractivity contribution in [3.8, 4) is 0 Å². The molecule has 1 aliphatic heterocycles. The van der Waals surface area contributed by atoms with E-state index >= 15 is 0 Å². The van der Waals surface area contributed by atoms with Gasteiger partial charge < -0.3 is 5.11 Å². The first kappa shape index (κ1) is 14.9. The lowest BCUT2D eigenvalue weighted by molar-refractivity contribution is -0.380. The van der Waals surface area contributed by atoms with Crippen molar-refractivity contribution in [1.82, 2.24) is 4.31 Å². The van der Waals surface area contributed by atoms with Crippen molar-refractivity contribution in [3.63, 3.8) is 0 Å². The Bertz CT molecular complexity index is 667. The van der Waals surface area contributed by atoms with Gasteiger partial charge in [-0.15, -0.1) is 0 Å². The van der Waals surface area contributed by atoms with E-state index in [1.54, 1.807) is 0 Å². The molecule has 1 atom stereocenters. The first-order valence-corrected chi connectivity index (χ1v) is 7.90. The van der Waals surface area contributed by atoms with Gasteiger partial charge in [0.2, 0.25) is 0 Å². The molecule has 0 aliphatic carbocycles. The number of nitrogens with zero attached hydrogens (tertiary/aromatic N) is 2. The van der Waals surface area contributed by atoms with Crippen LogP contribution in [0.1, 0.15) is 13.3 Å². The Labute approximate surface area is 118 Å². The topological polar surface area (TPSA) is 118 Å². The van der Waals surface area contributed by atoms with Gasteiger partial charge in [0.15, 0.2) is 0 Å². The van der Waals surface area contributed by atoms with Crippen LogP contribution in [0.5, 0.6) is 0 Å². The molecule has 1 N–H and O–H groups in total. The summed E-state index contributed by atoms with van der Waals surface area (Å²) in [5.41, 5.74) is -1.11. The molecule has 0 saturated carbocycles. The minimum Gasteiger partial charge on any atom is -0.481 e. The van der Waals surface area contributed by atoms with Gasteiger partial charge in [-0.05, 0) is 30.7 Å². The maximum atomic E-state index is 12.3. The zero-order chi connectivity index (χ0) is 15.1. The third-order valence-electron chi connectivity index (χ3n) is 3.30. The van der Waals surface area contributed by atoms with Crippen molar-refractivity contribution < 1.29 is 23.2 Å². The molecular formula is C10H12N2O6S2. The van der Waals surface area contributed by atoms with Crippen LogP contribution in [0.25, 0.3) is 0 Å². The number of rotatable bonds is 4. The van der Waals surface area contributed by atoms with E-state index < -0.39 is 26.3 Å². The number of nitro groups is 1. The van der Waals surface area contributed by atoms with E-state index in [4.69, 9.17) is 5.11 Å². The Morgan fingerprint density at radius 3 is 2.65 bits per heavy atom. The smallest absolute Gasteiger partial charge is 0.325 e. The molecule has 1 aromatic rings. The van der Waals surface area contributed by atoms with Crippen molar-refractivity contribution in [1.29, 1.82) is 0 Å². The van der Waals surface area contributed by atoms with Crippen molar-refractivity contribution in [2.45, 2.75) is 17.6 Å². The summed E-state index contributed by atoms with van der Waals surface area (Å²) >= 11 is 0.567. The molecule has 1 saturated heterocycles. The normalized spacial score (nSPS) is 23.9. The fourth-order valence-electron chi connectivity index (χ4n) is 1.97. The Balaban J connectivity index is 2.28. The second kappa shape index (κ2) is 4.79. The molecule has 1 fully saturated rings. The van der Waals surface area contributed by atoms with Gasteiger partial charge in [0, 0.05) is 19.2 Å². The largest absolute Gasteiger partial charge is 0.481 e. The summed E-state index contributed by atoms with van der Waals surface area (Å²) in [6, 6.07) is 2.30. The minimum absolute atomic E-state index is 0.0941. The van der Waals surface area contributed by atoms with E-state index in [0.717, 1.165) is 10.4 Å². The van der Waals surface area contributed by atoms with E-state index in [2.05, 4.69) is 0 Å². The number of aliphatic carboxylic acids is 1. The van der Waals surface area contributed by atoms with Crippen LogP contribution in [0.4, 0.5) is 5.00 Å². The highest BCUT2D eigenvalue weighted by molar-refractivity contribution is 7.91. The molecule has 0 radical (unpaired) electrons. The van der Waals surface area contributed by atoms with E-state index in [1.165, 1.54) is 13.0 Å². The average molecular weight is 320 g/mol. The molecule has 0 spiro atoms. The maximum Gasteiger partial charge on any atom is 0.325 e. The number of thiophene rings is 1. The molecule has 2 heterocycles. The molecule has 10 heteroatoms. The van der Waals surface area contributed by atoms with E-state index in [9.17, 15) is 23.3 Å². The fourth-order valence-corrected chi connectivity index (χ4v) is 4.80. The minimum atomic E-state index is -3.87. The van der Waals surface area contributed by atoms with Gasteiger partial charge in [0.05, 0.1) is 10.3 Å². The Morgan fingerprint density at radius 1 is 1.55 bits per heavy atom. The molecule has 8 nitrogen and oxygen atoms in total. The standard InChI is InChI=1S/C10H12N2O6S2/c1-10(9(13)14)4-5-11(6-10)20(17,18)8-3-2-7(19-8)12(15)16/h2-3H,4-6H2,1H3,(H,13,14). The van der Waals surface area contributed by atoms with Crippen molar-refractivity contribution >= 4 is 32.3 Å². The summed E-state index contributed by atoms with van der Waals surface area (Å²) in [4.78, 5) is 21.0. The molecule has 1 unspecified atom stereocenters. The van der Waals surface area contributed by atoms with E-state index in [0.29, 0.717) is 11.3 Å². The first-order chi connectivity index (χ1) is 9.17. The lowest BCUT2D eigenvalue weighted by atomic mass is 9.90. The zero-order valence-electron chi connectivity index (χ0n) is 10.5. The maximum absolute atomic E-state index is 12.3. The van der Waals surface area contributed by atoms with Gasteiger partial charge >= 0.3 is 11.0 Å². The second-order valence-corrected chi connectivity index (χ2v) is 8.03. The SMILES string of the molecule is CC1(C(=O)O)CCN(S(=O)(=O)c2ccc([N+](=O)[O-])s2)C1. The molecule has 0 aromatic carbocycles. The predicted molar refractivity (Wildman–Crippen MR) is 70.1 cm³/mol. The number of carboxylic acids is 1. The van der Waals surface area contributed by atoms with Gasteiger partial charge in [-0.25, -0.2) is 8.42 Å². The lowest BCUT2D eigenvalue weighted by Crippen LogP contribution is -2.34. The van der Waals surface area contributed by atoms with Crippen LogP contribution in [-0.4, -0.2) is 41.8 Å². The second-order valence-electron chi connectivity index (χ2n) is 4.80. The highest BCUT2D eigenvalue weighted by atomic mass is 32.2. The van der Waals surface area contributed by atoms with Gasteiger partial charge in [-0.1, -0.05) is 0 Å². The molecular weight excluding hydrogens is 308 g/mol. The first-order valence-electron chi connectivity index (χ1n) is 5.65. The summed E-state index contributed by atoms with van der Waals surface area (Å²) in [6.07, 6.45) is 0.217. The van der Waals surface area contributed by atoms with Crippen LogP contribution < -0.4 is 0 Å². The molecule has 0 amide bonds. The van der Waals surface area contributed by atoms with Crippen molar-refractivity contribution in [2.24, 2.45) is 5.41 Å². The van der Waals surface area contributed by atoms with E-state index in [1.807, 2.05) is 0 Å². The van der Waals surface area contributed by atoms with Gasteiger partial charge in [0.25, 0.3) is 10.0 Å². The molecule has 110 valence electrons. The number of hydrogen-bond acceptors (Lipinski definition) is 6. The summed E-state index contributed by atoms with van der Waals surface area (Å²) in [6.45, 7) is 1.45. The summed E-state index contributed by atoms with van der Waals surface area (Å²) in [5.74, 6) is -1.05. The van der Waals surface area contributed by atoms with Gasteiger partial charge in [0.1, 0.15) is 4.21 Å². The highest BCUT2D eigenvalue weighted by Gasteiger charge is 2.45.